The normalized spacial score (nSPS) is 13.6. The van der Waals surface area contributed by atoms with Crippen molar-refractivity contribution in [2.45, 2.75) is 61.3 Å². The topological polar surface area (TPSA) is 44.2 Å². The molecule has 1 aromatic carbocycles. The molecule has 0 spiro atoms. The molecule has 1 aromatic rings. The van der Waals surface area contributed by atoms with E-state index in [9.17, 15) is 0 Å². The summed E-state index contributed by atoms with van der Waals surface area (Å²) >= 11 is 0. The lowest BCUT2D eigenvalue weighted by Crippen LogP contribution is -2.39. The Hall–Kier alpha value is -1.30. The molecule has 1 fully saturated rings. The fourth-order valence-corrected chi connectivity index (χ4v) is 2.07. The number of benzene rings is 1. The van der Waals surface area contributed by atoms with Gasteiger partial charge in [0.2, 0.25) is 0 Å². The second-order valence-corrected chi connectivity index (χ2v) is 5.42. The van der Waals surface area contributed by atoms with Gasteiger partial charge in [0.1, 0.15) is 0 Å². The Balaban J connectivity index is 0. The van der Waals surface area contributed by atoms with Gasteiger partial charge in [0, 0.05) is 17.4 Å². The maximum absolute atomic E-state index is 5.24. The van der Waals surface area contributed by atoms with E-state index in [1.807, 2.05) is 27.7 Å². The van der Waals surface area contributed by atoms with E-state index in [2.05, 4.69) is 50.8 Å². The van der Waals surface area contributed by atoms with Crippen molar-refractivity contribution in [3.8, 4) is 11.8 Å². The smallest absolute Gasteiger partial charge is 0.0542 e. The molecule has 22 heavy (non-hydrogen) atoms. The monoisotopic (exact) mass is 305 g/mol. The minimum atomic E-state index is 0. The average molecular weight is 306 g/mol. The van der Waals surface area contributed by atoms with Crippen molar-refractivity contribution in [2.24, 2.45) is 5.41 Å². The summed E-state index contributed by atoms with van der Waals surface area (Å²) in [5, 5.41) is 0. The van der Waals surface area contributed by atoms with Crippen LogP contribution < -0.4 is 6.15 Å². The highest BCUT2D eigenvalue weighted by molar-refractivity contribution is 5.42. The summed E-state index contributed by atoms with van der Waals surface area (Å²) in [7, 11) is 0. The number of hydrogen-bond acceptors (Lipinski definition) is 2. The third-order valence-corrected chi connectivity index (χ3v) is 3.36. The molecule has 1 aliphatic rings. The third-order valence-electron chi connectivity index (χ3n) is 3.36. The highest BCUT2D eigenvalue weighted by Gasteiger charge is 2.32. The molecule has 0 bridgehead atoms. The molecule has 0 aliphatic carbocycles. The maximum atomic E-state index is 5.24. The first kappa shape index (κ1) is 23.0. The molecule has 126 valence electrons. The Bertz CT molecular complexity index is 464. The van der Waals surface area contributed by atoms with E-state index in [0.29, 0.717) is 5.41 Å². The molecule has 0 radical (unpaired) electrons. The van der Waals surface area contributed by atoms with E-state index in [1.54, 1.807) is 0 Å². The Morgan fingerprint density at radius 1 is 1.09 bits per heavy atom. The average Bonchev–Trinajstić information content (AvgIpc) is 2.48. The van der Waals surface area contributed by atoms with Crippen LogP contribution in [0, 0.1) is 31.1 Å². The summed E-state index contributed by atoms with van der Waals surface area (Å²) in [6.45, 7) is 16.3. The largest absolute Gasteiger partial charge is 0.380 e. The van der Waals surface area contributed by atoms with Gasteiger partial charge < -0.3 is 10.9 Å². The van der Waals surface area contributed by atoms with Crippen LogP contribution in [0.5, 0.6) is 0 Å². The van der Waals surface area contributed by atoms with Crippen molar-refractivity contribution < 1.29 is 4.74 Å². The van der Waals surface area contributed by atoms with Crippen LogP contribution in [0.15, 0.2) is 18.2 Å². The maximum Gasteiger partial charge on any atom is 0.0542 e. The third kappa shape index (κ3) is 7.64. The van der Waals surface area contributed by atoms with Gasteiger partial charge in [-0.15, -0.1) is 0 Å². The van der Waals surface area contributed by atoms with Crippen molar-refractivity contribution in [1.29, 1.82) is 0 Å². The van der Waals surface area contributed by atoms with Gasteiger partial charge in [-0.3, -0.25) is 0 Å². The second-order valence-electron chi connectivity index (χ2n) is 5.42. The van der Waals surface area contributed by atoms with Crippen molar-refractivity contribution in [3.63, 3.8) is 0 Å². The number of hydrogen-bond donors (Lipinski definition) is 1. The molecule has 2 heteroatoms. The first-order valence-corrected chi connectivity index (χ1v) is 8.23. The molecule has 2 rings (SSSR count). The zero-order valence-electron chi connectivity index (χ0n) is 15.7. The SMILES string of the molecule is CC.CC.Cc1ccc(C#CCCC2(C)COC2)c(C)c1.N. The van der Waals surface area contributed by atoms with Crippen molar-refractivity contribution in [2.75, 3.05) is 13.2 Å². The van der Waals surface area contributed by atoms with Crippen LogP contribution in [0.2, 0.25) is 0 Å². The number of aryl methyl sites for hydroxylation is 2. The van der Waals surface area contributed by atoms with Crippen molar-refractivity contribution in [3.05, 3.63) is 34.9 Å². The predicted octanol–water partition coefficient (Wildman–Crippen LogP) is 5.69. The quantitative estimate of drug-likeness (QED) is 0.714. The molecule has 0 saturated carbocycles. The van der Waals surface area contributed by atoms with E-state index >= 15 is 0 Å². The van der Waals surface area contributed by atoms with Crippen LogP contribution in [-0.4, -0.2) is 13.2 Å². The van der Waals surface area contributed by atoms with Gasteiger partial charge >= 0.3 is 0 Å². The fourth-order valence-electron chi connectivity index (χ4n) is 2.07. The molecular formula is C20H35NO. The Morgan fingerprint density at radius 2 is 1.68 bits per heavy atom. The lowest BCUT2D eigenvalue weighted by atomic mass is 9.84. The first-order valence-electron chi connectivity index (χ1n) is 8.23. The molecule has 1 aliphatic heterocycles. The highest BCUT2D eigenvalue weighted by Crippen LogP contribution is 2.31. The number of ether oxygens (including phenoxy) is 1. The van der Waals surface area contributed by atoms with Crippen LogP contribution in [0.25, 0.3) is 0 Å². The summed E-state index contributed by atoms with van der Waals surface area (Å²) in [5.74, 6) is 6.55. The Kier molecular flexibility index (Phi) is 12.8. The number of rotatable bonds is 2. The van der Waals surface area contributed by atoms with Crippen molar-refractivity contribution in [1.82, 2.24) is 6.15 Å². The Labute approximate surface area is 138 Å². The molecule has 0 unspecified atom stereocenters. The van der Waals surface area contributed by atoms with E-state index < -0.39 is 0 Å². The molecule has 0 atom stereocenters. The van der Waals surface area contributed by atoms with Gasteiger partial charge in [-0.25, -0.2) is 0 Å². The molecule has 2 nitrogen and oxygen atoms in total. The van der Waals surface area contributed by atoms with Crippen LogP contribution in [0.3, 0.4) is 0 Å². The predicted molar refractivity (Wildman–Crippen MR) is 98.7 cm³/mol. The van der Waals surface area contributed by atoms with E-state index in [1.165, 1.54) is 11.1 Å². The van der Waals surface area contributed by atoms with Crippen LogP contribution >= 0.6 is 0 Å². The molecule has 0 amide bonds. The highest BCUT2D eigenvalue weighted by atomic mass is 16.5. The van der Waals surface area contributed by atoms with Gasteiger partial charge in [-0.2, -0.15) is 0 Å². The summed E-state index contributed by atoms with van der Waals surface area (Å²) in [4.78, 5) is 0. The van der Waals surface area contributed by atoms with Gasteiger partial charge in [-0.1, -0.05) is 64.2 Å². The van der Waals surface area contributed by atoms with Crippen LogP contribution in [-0.2, 0) is 4.74 Å². The standard InChI is InChI=1S/C16H20O.2C2H6.H3N/c1-13-7-8-15(14(2)10-13)6-4-5-9-16(3)11-17-12-16;2*1-2;/h7-8,10H,5,9,11-12H2,1-3H3;2*1-2H3;1H3. The minimum Gasteiger partial charge on any atom is -0.380 e. The lowest BCUT2D eigenvalue weighted by Gasteiger charge is -2.37. The summed E-state index contributed by atoms with van der Waals surface area (Å²) in [5.41, 5.74) is 4.12. The molecular weight excluding hydrogens is 270 g/mol. The fraction of sp³-hybridized carbons (Fsp3) is 0.600. The zero-order valence-corrected chi connectivity index (χ0v) is 15.7. The molecule has 0 aromatic heterocycles. The van der Waals surface area contributed by atoms with Crippen LogP contribution in [0.4, 0.5) is 0 Å². The minimum absolute atomic E-state index is 0. The molecule has 1 saturated heterocycles. The van der Waals surface area contributed by atoms with Gasteiger partial charge in [-0.05, 0) is 31.9 Å². The Morgan fingerprint density at radius 3 is 2.14 bits per heavy atom. The van der Waals surface area contributed by atoms with E-state index in [4.69, 9.17) is 4.74 Å². The zero-order chi connectivity index (χ0) is 16.3. The molecule has 3 N–H and O–H groups in total. The van der Waals surface area contributed by atoms with Crippen LogP contribution in [0.1, 0.15) is 64.2 Å². The van der Waals surface area contributed by atoms with Crippen molar-refractivity contribution >= 4 is 0 Å². The summed E-state index contributed by atoms with van der Waals surface area (Å²) < 4.78 is 5.24. The van der Waals surface area contributed by atoms with Gasteiger partial charge in [0.15, 0.2) is 0 Å². The van der Waals surface area contributed by atoms with E-state index in [0.717, 1.165) is 31.6 Å². The lowest BCUT2D eigenvalue weighted by molar-refractivity contribution is -0.104. The summed E-state index contributed by atoms with van der Waals surface area (Å²) in [6, 6.07) is 6.43. The first-order chi connectivity index (χ1) is 10.1. The second kappa shape index (κ2) is 12.3. The summed E-state index contributed by atoms with van der Waals surface area (Å²) in [6.07, 6.45) is 2.11. The van der Waals surface area contributed by atoms with Gasteiger partial charge in [0.25, 0.3) is 0 Å². The van der Waals surface area contributed by atoms with Gasteiger partial charge in [0.05, 0.1) is 13.2 Å². The van der Waals surface area contributed by atoms with E-state index in [-0.39, 0.29) is 6.15 Å². The molecule has 1 heterocycles.